The second kappa shape index (κ2) is 8.81. The third-order valence-electron chi connectivity index (χ3n) is 4.03. The molecule has 0 aliphatic carbocycles. The Hall–Kier alpha value is -3.40. The van der Waals surface area contributed by atoms with E-state index in [4.69, 9.17) is 9.47 Å². The summed E-state index contributed by atoms with van der Waals surface area (Å²) in [6.45, 7) is 2.15. The minimum Gasteiger partial charge on any atom is -0.462 e. The molecule has 0 saturated carbocycles. The second-order valence-electron chi connectivity index (χ2n) is 6.12. The molecule has 27 heavy (non-hydrogen) atoms. The Balaban J connectivity index is 1.67. The van der Waals surface area contributed by atoms with Gasteiger partial charge in [0, 0.05) is 6.42 Å². The van der Waals surface area contributed by atoms with Gasteiger partial charge in [0.1, 0.15) is 5.75 Å². The molecule has 0 heterocycles. The maximum Gasteiger partial charge on any atom is 0.344 e. The SMILES string of the molecule is Cc1cccc(OC(=O)c2ccccc2C(=O)OCCc2ccccc2)c1. The molecule has 4 nitrogen and oxygen atoms in total. The standard InChI is InChI=1S/C23H20O4/c1-17-8-7-11-19(16-17)27-23(25)21-13-6-5-12-20(21)22(24)26-15-14-18-9-3-2-4-10-18/h2-13,16H,14-15H2,1H3. The molecule has 0 fully saturated rings. The highest BCUT2D eigenvalue weighted by atomic mass is 16.5. The summed E-state index contributed by atoms with van der Waals surface area (Å²) in [6, 6.07) is 23.4. The molecular weight excluding hydrogens is 340 g/mol. The van der Waals surface area contributed by atoms with E-state index >= 15 is 0 Å². The molecule has 4 heteroatoms. The van der Waals surface area contributed by atoms with Crippen molar-refractivity contribution < 1.29 is 19.1 Å². The molecule has 0 N–H and O–H groups in total. The normalized spacial score (nSPS) is 10.3. The van der Waals surface area contributed by atoms with E-state index in [1.807, 2.05) is 49.4 Å². The summed E-state index contributed by atoms with van der Waals surface area (Å²) in [5.41, 5.74) is 2.44. The van der Waals surface area contributed by atoms with Gasteiger partial charge in [-0.05, 0) is 42.3 Å². The van der Waals surface area contributed by atoms with Crippen LogP contribution in [0.1, 0.15) is 31.8 Å². The molecule has 0 atom stereocenters. The van der Waals surface area contributed by atoms with Crippen molar-refractivity contribution in [2.45, 2.75) is 13.3 Å². The Kier molecular flexibility index (Phi) is 6.00. The number of rotatable bonds is 6. The van der Waals surface area contributed by atoms with Crippen LogP contribution in [0, 0.1) is 6.92 Å². The van der Waals surface area contributed by atoms with Gasteiger partial charge in [0.05, 0.1) is 17.7 Å². The summed E-state index contributed by atoms with van der Waals surface area (Å²) in [7, 11) is 0. The highest BCUT2D eigenvalue weighted by Gasteiger charge is 2.19. The second-order valence-corrected chi connectivity index (χ2v) is 6.12. The van der Waals surface area contributed by atoms with Gasteiger partial charge >= 0.3 is 11.9 Å². The highest BCUT2D eigenvalue weighted by molar-refractivity contribution is 6.03. The lowest BCUT2D eigenvalue weighted by molar-refractivity contribution is 0.0500. The quantitative estimate of drug-likeness (QED) is 0.476. The summed E-state index contributed by atoms with van der Waals surface area (Å²) >= 11 is 0. The van der Waals surface area contributed by atoms with E-state index in [1.165, 1.54) is 0 Å². The average Bonchev–Trinajstić information content (AvgIpc) is 2.69. The predicted molar refractivity (Wildman–Crippen MR) is 103 cm³/mol. The van der Waals surface area contributed by atoms with E-state index in [-0.39, 0.29) is 17.7 Å². The van der Waals surface area contributed by atoms with Crippen molar-refractivity contribution in [1.82, 2.24) is 0 Å². The molecule has 0 saturated heterocycles. The molecule has 0 aliphatic heterocycles. The lowest BCUT2D eigenvalue weighted by Crippen LogP contribution is -2.16. The fraction of sp³-hybridized carbons (Fsp3) is 0.130. The van der Waals surface area contributed by atoms with E-state index in [0.717, 1.165) is 11.1 Å². The van der Waals surface area contributed by atoms with Gasteiger partial charge < -0.3 is 9.47 Å². The van der Waals surface area contributed by atoms with Gasteiger partial charge in [-0.25, -0.2) is 9.59 Å². The van der Waals surface area contributed by atoms with E-state index in [1.54, 1.807) is 36.4 Å². The molecular formula is C23H20O4. The van der Waals surface area contributed by atoms with Crippen LogP contribution in [0.3, 0.4) is 0 Å². The van der Waals surface area contributed by atoms with Gasteiger partial charge in [-0.2, -0.15) is 0 Å². The first-order valence-corrected chi connectivity index (χ1v) is 8.72. The van der Waals surface area contributed by atoms with Crippen molar-refractivity contribution in [2.24, 2.45) is 0 Å². The molecule has 0 aliphatic rings. The van der Waals surface area contributed by atoms with Gasteiger partial charge in [0.15, 0.2) is 0 Å². The third kappa shape index (κ3) is 5.05. The monoisotopic (exact) mass is 360 g/mol. The zero-order valence-corrected chi connectivity index (χ0v) is 15.1. The highest BCUT2D eigenvalue weighted by Crippen LogP contribution is 2.17. The first-order chi connectivity index (χ1) is 13.1. The summed E-state index contributed by atoms with van der Waals surface area (Å²) in [6.07, 6.45) is 0.614. The molecule has 0 bridgehead atoms. The largest absolute Gasteiger partial charge is 0.462 e. The van der Waals surface area contributed by atoms with Crippen LogP contribution in [0.15, 0.2) is 78.9 Å². The van der Waals surface area contributed by atoms with Gasteiger partial charge in [-0.1, -0.05) is 54.6 Å². The number of benzene rings is 3. The molecule has 0 unspecified atom stereocenters. The first-order valence-electron chi connectivity index (χ1n) is 8.72. The van der Waals surface area contributed by atoms with E-state index in [2.05, 4.69) is 0 Å². The zero-order valence-electron chi connectivity index (χ0n) is 15.1. The number of ether oxygens (including phenoxy) is 2. The lowest BCUT2D eigenvalue weighted by atomic mass is 10.1. The van der Waals surface area contributed by atoms with Crippen LogP contribution in [-0.2, 0) is 11.2 Å². The fourth-order valence-corrected chi connectivity index (χ4v) is 2.66. The summed E-state index contributed by atoms with van der Waals surface area (Å²) in [4.78, 5) is 25.0. The number of esters is 2. The van der Waals surface area contributed by atoms with E-state index in [0.29, 0.717) is 12.2 Å². The number of carbonyl (C=O) groups is 2. The van der Waals surface area contributed by atoms with Gasteiger partial charge in [-0.15, -0.1) is 0 Å². The molecule has 0 amide bonds. The maximum atomic E-state index is 12.5. The molecule has 3 rings (SSSR count). The number of hydrogen-bond donors (Lipinski definition) is 0. The summed E-state index contributed by atoms with van der Waals surface area (Å²) < 4.78 is 10.7. The Morgan fingerprint density at radius 1 is 0.778 bits per heavy atom. The topological polar surface area (TPSA) is 52.6 Å². The van der Waals surface area contributed by atoms with Crippen LogP contribution >= 0.6 is 0 Å². The lowest BCUT2D eigenvalue weighted by Gasteiger charge is -2.10. The molecule has 0 radical (unpaired) electrons. The van der Waals surface area contributed by atoms with Crippen molar-refractivity contribution in [3.8, 4) is 5.75 Å². The van der Waals surface area contributed by atoms with Crippen molar-refractivity contribution in [2.75, 3.05) is 6.61 Å². The van der Waals surface area contributed by atoms with E-state index in [9.17, 15) is 9.59 Å². The van der Waals surface area contributed by atoms with Crippen LogP contribution in [0.4, 0.5) is 0 Å². The molecule has 3 aromatic rings. The zero-order chi connectivity index (χ0) is 19.1. The summed E-state index contributed by atoms with van der Waals surface area (Å²) in [5.74, 6) is -0.689. The van der Waals surface area contributed by atoms with Crippen molar-refractivity contribution in [1.29, 1.82) is 0 Å². The molecule has 3 aromatic carbocycles. The minimum atomic E-state index is -0.587. The van der Waals surface area contributed by atoms with Crippen LogP contribution in [0.5, 0.6) is 5.75 Å². The first kappa shape index (κ1) is 18.4. The minimum absolute atomic E-state index is 0.184. The van der Waals surface area contributed by atoms with Gasteiger partial charge in [0.2, 0.25) is 0 Å². The Bertz CT molecular complexity index is 932. The summed E-state index contributed by atoms with van der Waals surface area (Å²) in [5, 5.41) is 0. The Morgan fingerprint density at radius 3 is 2.15 bits per heavy atom. The smallest absolute Gasteiger partial charge is 0.344 e. The van der Waals surface area contributed by atoms with Crippen molar-refractivity contribution >= 4 is 11.9 Å². The average molecular weight is 360 g/mol. The third-order valence-corrected chi connectivity index (χ3v) is 4.03. The van der Waals surface area contributed by atoms with Crippen LogP contribution in [-0.4, -0.2) is 18.5 Å². The van der Waals surface area contributed by atoms with Gasteiger partial charge in [0.25, 0.3) is 0 Å². The number of aryl methyl sites for hydroxylation is 1. The van der Waals surface area contributed by atoms with Crippen molar-refractivity contribution in [3.63, 3.8) is 0 Å². The predicted octanol–water partition coefficient (Wildman–Crippen LogP) is 4.61. The molecule has 0 spiro atoms. The number of hydrogen-bond acceptors (Lipinski definition) is 4. The van der Waals surface area contributed by atoms with Gasteiger partial charge in [-0.3, -0.25) is 0 Å². The van der Waals surface area contributed by atoms with Crippen LogP contribution < -0.4 is 4.74 Å². The van der Waals surface area contributed by atoms with Crippen molar-refractivity contribution in [3.05, 3.63) is 101 Å². The molecule has 136 valence electrons. The number of carbonyl (C=O) groups excluding carboxylic acids is 2. The molecule has 0 aromatic heterocycles. The van der Waals surface area contributed by atoms with Crippen LogP contribution in [0.25, 0.3) is 0 Å². The Morgan fingerprint density at radius 2 is 1.44 bits per heavy atom. The fourth-order valence-electron chi connectivity index (χ4n) is 2.66. The van der Waals surface area contributed by atoms with E-state index < -0.39 is 11.9 Å². The Labute approximate surface area is 158 Å². The van der Waals surface area contributed by atoms with Crippen LogP contribution in [0.2, 0.25) is 0 Å². The maximum absolute atomic E-state index is 12.5.